The SMILES string of the molecule is CC(C)(C)CCCCC(=O)O.CC(C)(C)CCCCCCC(=O)O.CC(C)(C)CCCCCCC(=O)O.[Ce]. The van der Waals surface area contributed by atoms with Crippen LogP contribution in [0.4, 0.5) is 0 Å². The molecule has 7 heteroatoms. The molecule has 0 aliphatic heterocycles. The van der Waals surface area contributed by atoms with E-state index >= 15 is 0 Å². The van der Waals surface area contributed by atoms with E-state index in [1.165, 1.54) is 38.5 Å². The molecule has 0 atom stereocenters. The number of aliphatic carboxylic acids is 3. The van der Waals surface area contributed by atoms with Crippen molar-refractivity contribution >= 4 is 17.9 Å². The number of carbonyl (C=O) groups is 3. The fourth-order valence-corrected chi connectivity index (χ4v) is 3.50. The minimum atomic E-state index is -0.682. The average Bonchev–Trinajstić information content (AvgIpc) is 2.69. The van der Waals surface area contributed by atoms with Gasteiger partial charge >= 0.3 is 17.9 Å². The molecule has 3 N–H and O–H groups in total. The Morgan fingerprint density at radius 1 is 0.395 bits per heavy atom. The van der Waals surface area contributed by atoms with Gasteiger partial charge in [0.15, 0.2) is 0 Å². The number of rotatable bonds is 16. The fourth-order valence-electron chi connectivity index (χ4n) is 3.50. The molecule has 0 amide bonds. The minimum absolute atomic E-state index is 0. The maximum atomic E-state index is 10.2. The van der Waals surface area contributed by atoms with Crippen LogP contribution < -0.4 is 0 Å². The normalized spacial score (nSPS) is 11.3. The third kappa shape index (κ3) is 56.1. The van der Waals surface area contributed by atoms with Gasteiger partial charge in [0.2, 0.25) is 0 Å². The number of carboxylic acid groups (broad SMARTS) is 3. The van der Waals surface area contributed by atoms with Gasteiger partial charge in [-0.05, 0) is 54.8 Å². The zero-order valence-corrected chi connectivity index (χ0v) is 29.5. The van der Waals surface area contributed by atoms with Crippen LogP contribution in [0.25, 0.3) is 0 Å². The molecule has 0 aromatic carbocycles. The van der Waals surface area contributed by atoms with Gasteiger partial charge in [-0.3, -0.25) is 14.4 Å². The summed E-state index contributed by atoms with van der Waals surface area (Å²) >= 11 is 0. The molecule has 0 saturated carbocycles. The van der Waals surface area contributed by atoms with Crippen LogP contribution in [-0.4, -0.2) is 33.2 Å². The van der Waals surface area contributed by atoms with Crippen molar-refractivity contribution in [2.24, 2.45) is 16.2 Å². The Hall–Kier alpha value is -0.213. The van der Waals surface area contributed by atoms with Gasteiger partial charge in [-0.1, -0.05) is 107 Å². The number of carboxylic acids is 3. The van der Waals surface area contributed by atoms with E-state index in [0.29, 0.717) is 35.5 Å². The predicted octanol–water partition coefficient (Wildman–Crippen LogP) is 9.59. The average molecular weight is 671 g/mol. The molecule has 0 aromatic heterocycles. The Bertz CT molecular complexity index is 547. The van der Waals surface area contributed by atoms with Gasteiger partial charge in [0.1, 0.15) is 0 Å². The topological polar surface area (TPSA) is 112 Å². The van der Waals surface area contributed by atoms with Gasteiger partial charge in [0.05, 0.1) is 0 Å². The standard InChI is InChI=1S/2C11H22O2.C9H18O2.Ce/c2*1-11(2,3)9-7-5-4-6-8-10(12)13;1-9(2,3)7-5-4-6-8(10)11;/h2*4-9H2,1-3H3,(H,12,13);4-7H2,1-3H3,(H,10,11);. The summed E-state index contributed by atoms with van der Waals surface area (Å²) in [5, 5.41) is 25.1. The number of hydrogen-bond donors (Lipinski definition) is 3. The second-order valence-electron chi connectivity index (χ2n) is 13.9. The first-order chi connectivity index (χ1) is 16.7. The molecule has 0 heterocycles. The summed E-state index contributed by atoms with van der Waals surface area (Å²) in [6, 6.07) is 0. The van der Waals surface area contributed by atoms with Crippen molar-refractivity contribution in [2.75, 3.05) is 0 Å². The summed E-state index contributed by atoms with van der Waals surface area (Å²) in [5.74, 6) is -2.02. The molecule has 0 fully saturated rings. The van der Waals surface area contributed by atoms with Gasteiger partial charge in [0.25, 0.3) is 0 Å². The fraction of sp³-hybridized carbons (Fsp3) is 0.903. The largest absolute Gasteiger partial charge is 0.481 e. The summed E-state index contributed by atoms with van der Waals surface area (Å²) in [7, 11) is 0. The maximum absolute atomic E-state index is 10.2. The van der Waals surface area contributed by atoms with E-state index in [9.17, 15) is 14.4 Å². The summed E-state index contributed by atoms with van der Waals surface area (Å²) in [6.07, 6.45) is 15.0. The van der Waals surface area contributed by atoms with Gasteiger partial charge in [-0.2, -0.15) is 0 Å². The van der Waals surface area contributed by atoms with E-state index in [4.69, 9.17) is 15.3 Å². The van der Waals surface area contributed by atoms with Crippen molar-refractivity contribution in [3.05, 3.63) is 0 Å². The number of unbranched alkanes of at least 4 members (excludes halogenated alkanes) is 7. The Labute approximate surface area is 268 Å². The Morgan fingerprint density at radius 2 is 0.579 bits per heavy atom. The van der Waals surface area contributed by atoms with Crippen molar-refractivity contribution in [1.29, 1.82) is 0 Å². The first-order valence-corrected chi connectivity index (χ1v) is 14.4. The van der Waals surface area contributed by atoms with E-state index in [1.807, 2.05) is 0 Å². The summed E-state index contributed by atoms with van der Waals surface area (Å²) in [6.45, 7) is 20.0. The van der Waals surface area contributed by atoms with Crippen LogP contribution in [0.3, 0.4) is 0 Å². The first-order valence-electron chi connectivity index (χ1n) is 14.4. The van der Waals surface area contributed by atoms with Crippen molar-refractivity contribution < 1.29 is 71.5 Å². The molecule has 0 unspecified atom stereocenters. The summed E-state index contributed by atoms with van der Waals surface area (Å²) in [5.41, 5.74) is 1.19. The molecule has 0 radical (unpaired) electrons. The summed E-state index contributed by atoms with van der Waals surface area (Å²) < 4.78 is 0. The third-order valence-electron chi connectivity index (χ3n) is 5.70. The molecule has 0 aromatic rings. The Balaban J connectivity index is -0.000000226. The molecule has 0 rings (SSSR count). The summed E-state index contributed by atoms with van der Waals surface area (Å²) in [4.78, 5) is 30.5. The van der Waals surface area contributed by atoms with Crippen molar-refractivity contribution in [2.45, 2.75) is 165 Å². The van der Waals surface area contributed by atoms with Gasteiger partial charge in [-0.25, -0.2) is 0 Å². The monoisotopic (exact) mass is 670 g/mol. The van der Waals surface area contributed by atoms with Gasteiger partial charge < -0.3 is 15.3 Å². The van der Waals surface area contributed by atoms with Crippen molar-refractivity contribution in [1.82, 2.24) is 0 Å². The van der Waals surface area contributed by atoms with Crippen LogP contribution in [0, 0.1) is 58.0 Å². The Morgan fingerprint density at radius 3 is 0.789 bits per heavy atom. The zero-order valence-electron chi connectivity index (χ0n) is 26.4. The van der Waals surface area contributed by atoms with Crippen molar-refractivity contribution in [3.8, 4) is 0 Å². The molecule has 6 nitrogen and oxygen atoms in total. The molecule has 38 heavy (non-hydrogen) atoms. The van der Waals surface area contributed by atoms with E-state index in [1.54, 1.807) is 0 Å². The molecule has 226 valence electrons. The van der Waals surface area contributed by atoms with E-state index in [-0.39, 0.29) is 41.7 Å². The maximum Gasteiger partial charge on any atom is 0.303 e. The van der Waals surface area contributed by atoms with E-state index in [0.717, 1.165) is 44.9 Å². The minimum Gasteiger partial charge on any atom is -0.481 e. The molecule has 0 saturated heterocycles. The molecular formula is C31H62CeO6. The smallest absolute Gasteiger partial charge is 0.303 e. The predicted molar refractivity (Wildman–Crippen MR) is 155 cm³/mol. The van der Waals surface area contributed by atoms with Crippen LogP contribution in [-0.2, 0) is 14.4 Å². The van der Waals surface area contributed by atoms with Gasteiger partial charge in [-0.15, -0.1) is 0 Å². The van der Waals surface area contributed by atoms with Crippen LogP contribution >= 0.6 is 0 Å². The second kappa shape index (κ2) is 25.7. The third-order valence-corrected chi connectivity index (χ3v) is 5.70. The quantitative estimate of drug-likeness (QED) is 0.141. The zero-order chi connectivity index (χ0) is 29.5. The molecule has 0 spiro atoms. The second-order valence-corrected chi connectivity index (χ2v) is 13.9. The molecule has 0 bridgehead atoms. The van der Waals surface area contributed by atoms with Gasteiger partial charge in [0, 0.05) is 61.0 Å². The first kappa shape index (κ1) is 44.8. The molecule has 0 aliphatic carbocycles. The molecule has 0 aliphatic rings. The van der Waals surface area contributed by atoms with Crippen LogP contribution in [0.15, 0.2) is 0 Å². The number of hydrogen-bond acceptors (Lipinski definition) is 3. The van der Waals surface area contributed by atoms with Crippen LogP contribution in [0.2, 0.25) is 0 Å². The van der Waals surface area contributed by atoms with Crippen LogP contribution in [0.1, 0.15) is 165 Å². The molecular weight excluding hydrogens is 608 g/mol. The van der Waals surface area contributed by atoms with E-state index < -0.39 is 17.9 Å². The van der Waals surface area contributed by atoms with Crippen molar-refractivity contribution in [3.63, 3.8) is 0 Å². The van der Waals surface area contributed by atoms with E-state index in [2.05, 4.69) is 62.3 Å². The van der Waals surface area contributed by atoms with Crippen LogP contribution in [0.5, 0.6) is 0 Å². The Kier molecular flexibility index (Phi) is 30.3.